The smallest absolute Gasteiger partial charge is 0.266 e. The van der Waals surface area contributed by atoms with Gasteiger partial charge in [0.25, 0.3) is 10.0 Å². The zero-order valence-corrected chi connectivity index (χ0v) is 12.2. The standard InChI is InChI=1S/C13H10ClFN2O3S/c14-9-5-8-3-4-20-13(8)11(6-9)21(18,19)17-12-2-1-10(15)7-16-12/h1-2,5-7H,3-4H2,(H,16,17). The van der Waals surface area contributed by atoms with E-state index in [4.69, 9.17) is 16.3 Å². The van der Waals surface area contributed by atoms with Gasteiger partial charge >= 0.3 is 0 Å². The number of halogens is 2. The van der Waals surface area contributed by atoms with Crippen LogP contribution in [0.25, 0.3) is 0 Å². The van der Waals surface area contributed by atoms with Gasteiger partial charge in [0.15, 0.2) is 0 Å². The number of hydrogen-bond acceptors (Lipinski definition) is 4. The molecule has 0 unspecified atom stereocenters. The molecule has 110 valence electrons. The Morgan fingerprint density at radius 1 is 1.33 bits per heavy atom. The first-order valence-electron chi connectivity index (χ1n) is 6.05. The fourth-order valence-corrected chi connectivity index (χ4v) is 3.59. The summed E-state index contributed by atoms with van der Waals surface area (Å²) in [6.45, 7) is 0.410. The fraction of sp³-hybridized carbons (Fsp3) is 0.154. The molecule has 0 spiro atoms. The molecular formula is C13H10ClFN2O3S. The molecule has 0 bridgehead atoms. The van der Waals surface area contributed by atoms with Crippen molar-refractivity contribution >= 4 is 27.4 Å². The van der Waals surface area contributed by atoms with Gasteiger partial charge in [-0.2, -0.15) is 0 Å². The number of benzene rings is 1. The van der Waals surface area contributed by atoms with Crippen LogP contribution in [0.4, 0.5) is 10.2 Å². The van der Waals surface area contributed by atoms with Crippen molar-refractivity contribution in [1.29, 1.82) is 0 Å². The van der Waals surface area contributed by atoms with Crippen molar-refractivity contribution in [1.82, 2.24) is 4.98 Å². The number of pyridine rings is 1. The third-order valence-corrected chi connectivity index (χ3v) is 4.55. The summed E-state index contributed by atoms with van der Waals surface area (Å²) in [5.74, 6) is -0.234. The molecule has 0 saturated carbocycles. The van der Waals surface area contributed by atoms with Gasteiger partial charge < -0.3 is 4.74 Å². The quantitative estimate of drug-likeness (QED) is 0.940. The van der Waals surface area contributed by atoms with E-state index >= 15 is 0 Å². The third kappa shape index (κ3) is 2.79. The zero-order valence-electron chi connectivity index (χ0n) is 10.6. The molecule has 2 aromatic rings. The first kappa shape index (κ1) is 14.1. The van der Waals surface area contributed by atoms with Crippen LogP contribution in [0.2, 0.25) is 5.02 Å². The summed E-state index contributed by atoms with van der Waals surface area (Å²) in [4.78, 5) is 3.62. The Morgan fingerprint density at radius 3 is 2.86 bits per heavy atom. The predicted molar refractivity (Wildman–Crippen MR) is 75.7 cm³/mol. The first-order valence-corrected chi connectivity index (χ1v) is 7.91. The largest absolute Gasteiger partial charge is 0.492 e. The lowest BCUT2D eigenvalue weighted by atomic mass is 10.2. The molecule has 1 aromatic heterocycles. The number of anilines is 1. The van der Waals surface area contributed by atoms with Crippen molar-refractivity contribution in [2.24, 2.45) is 0 Å². The van der Waals surface area contributed by atoms with Crippen LogP contribution in [-0.4, -0.2) is 20.0 Å². The van der Waals surface area contributed by atoms with Gasteiger partial charge in [-0.05, 0) is 24.3 Å². The van der Waals surface area contributed by atoms with Crippen molar-refractivity contribution in [3.05, 3.63) is 46.9 Å². The number of aromatic nitrogens is 1. The second-order valence-electron chi connectivity index (χ2n) is 4.46. The van der Waals surface area contributed by atoms with Gasteiger partial charge in [-0.15, -0.1) is 0 Å². The highest BCUT2D eigenvalue weighted by atomic mass is 35.5. The van der Waals surface area contributed by atoms with E-state index in [1.807, 2.05) is 0 Å². The minimum absolute atomic E-state index is 0.0168. The highest BCUT2D eigenvalue weighted by molar-refractivity contribution is 7.92. The lowest BCUT2D eigenvalue weighted by Crippen LogP contribution is -2.15. The van der Waals surface area contributed by atoms with Crippen molar-refractivity contribution in [3.63, 3.8) is 0 Å². The molecule has 1 aromatic carbocycles. The fourth-order valence-electron chi connectivity index (χ4n) is 2.06. The van der Waals surface area contributed by atoms with Crippen LogP contribution >= 0.6 is 11.6 Å². The van der Waals surface area contributed by atoms with Gasteiger partial charge in [0.1, 0.15) is 22.3 Å². The predicted octanol–water partition coefficient (Wildman–Crippen LogP) is 2.61. The summed E-state index contributed by atoms with van der Waals surface area (Å²) in [6, 6.07) is 5.35. The minimum Gasteiger partial charge on any atom is -0.492 e. The summed E-state index contributed by atoms with van der Waals surface area (Å²) in [6.07, 6.45) is 1.53. The van der Waals surface area contributed by atoms with Crippen LogP contribution in [0, 0.1) is 5.82 Å². The van der Waals surface area contributed by atoms with Gasteiger partial charge in [-0.3, -0.25) is 4.72 Å². The van der Waals surface area contributed by atoms with Gasteiger partial charge in [-0.1, -0.05) is 11.6 Å². The number of sulfonamides is 1. The van der Waals surface area contributed by atoms with E-state index in [-0.39, 0.29) is 10.7 Å². The molecule has 0 saturated heterocycles. The average molecular weight is 329 g/mol. The minimum atomic E-state index is -3.92. The highest BCUT2D eigenvalue weighted by Crippen LogP contribution is 2.36. The SMILES string of the molecule is O=S(=O)(Nc1ccc(F)cn1)c1cc(Cl)cc2c1OCC2. The number of fused-ring (bicyclic) bond motifs is 1. The van der Waals surface area contributed by atoms with E-state index in [9.17, 15) is 12.8 Å². The number of hydrogen-bond donors (Lipinski definition) is 1. The molecule has 0 amide bonds. The van der Waals surface area contributed by atoms with Crippen molar-refractivity contribution in [3.8, 4) is 5.75 Å². The monoisotopic (exact) mass is 328 g/mol. The van der Waals surface area contributed by atoms with Crippen LogP contribution in [-0.2, 0) is 16.4 Å². The molecule has 1 aliphatic heterocycles. The molecule has 0 aliphatic carbocycles. The van der Waals surface area contributed by atoms with E-state index in [0.717, 1.165) is 17.8 Å². The van der Waals surface area contributed by atoms with E-state index < -0.39 is 15.8 Å². The molecular weight excluding hydrogens is 319 g/mol. The molecule has 5 nitrogen and oxygen atoms in total. The summed E-state index contributed by atoms with van der Waals surface area (Å²) in [5.41, 5.74) is 0.745. The maximum absolute atomic E-state index is 12.8. The van der Waals surface area contributed by atoms with Gasteiger partial charge in [0.05, 0.1) is 12.8 Å². The Hall–Kier alpha value is -1.86. The maximum Gasteiger partial charge on any atom is 0.266 e. The topological polar surface area (TPSA) is 68.3 Å². The molecule has 1 aliphatic rings. The lowest BCUT2D eigenvalue weighted by molar-refractivity contribution is 0.348. The van der Waals surface area contributed by atoms with Crippen LogP contribution in [0.1, 0.15) is 5.56 Å². The first-order chi connectivity index (χ1) is 9.95. The third-order valence-electron chi connectivity index (χ3n) is 2.97. The van der Waals surface area contributed by atoms with Gasteiger partial charge in [0.2, 0.25) is 0 Å². The van der Waals surface area contributed by atoms with E-state index in [1.54, 1.807) is 6.07 Å². The summed E-state index contributed by atoms with van der Waals surface area (Å²) >= 11 is 5.95. The molecule has 0 fully saturated rings. The van der Waals surface area contributed by atoms with Crippen LogP contribution in [0.15, 0.2) is 35.4 Å². The Morgan fingerprint density at radius 2 is 2.14 bits per heavy atom. The number of rotatable bonds is 3. The number of ether oxygens (including phenoxy) is 1. The molecule has 21 heavy (non-hydrogen) atoms. The molecule has 3 rings (SSSR count). The molecule has 2 heterocycles. The van der Waals surface area contributed by atoms with Crippen LogP contribution in [0.5, 0.6) is 5.75 Å². The molecule has 1 N–H and O–H groups in total. The van der Waals surface area contributed by atoms with Crippen LogP contribution in [0.3, 0.4) is 0 Å². The average Bonchev–Trinajstić information content (AvgIpc) is 2.88. The second-order valence-corrected chi connectivity index (χ2v) is 6.55. The Balaban J connectivity index is 2.01. The van der Waals surface area contributed by atoms with E-state index in [0.29, 0.717) is 23.8 Å². The molecule has 0 radical (unpaired) electrons. The number of nitrogens with zero attached hydrogens (tertiary/aromatic N) is 1. The normalized spacial score (nSPS) is 13.6. The summed E-state index contributed by atoms with van der Waals surface area (Å²) in [7, 11) is -3.92. The highest BCUT2D eigenvalue weighted by Gasteiger charge is 2.26. The summed E-state index contributed by atoms with van der Waals surface area (Å²) in [5, 5.41) is 0.312. The van der Waals surface area contributed by atoms with Gasteiger partial charge in [0, 0.05) is 17.0 Å². The summed E-state index contributed by atoms with van der Waals surface area (Å²) < 4.78 is 45.3. The van der Waals surface area contributed by atoms with Crippen molar-refractivity contribution in [2.45, 2.75) is 11.3 Å². The Labute approximate surface area is 125 Å². The molecule has 8 heteroatoms. The second kappa shape index (κ2) is 5.16. The van der Waals surface area contributed by atoms with E-state index in [2.05, 4.69) is 9.71 Å². The Bertz CT molecular complexity index is 794. The molecule has 0 atom stereocenters. The zero-order chi connectivity index (χ0) is 15.0. The lowest BCUT2D eigenvalue weighted by Gasteiger charge is -2.11. The maximum atomic E-state index is 12.8. The number of nitrogens with one attached hydrogen (secondary N) is 1. The van der Waals surface area contributed by atoms with Gasteiger partial charge in [-0.25, -0.2) is 17.8 Å². The van der Waals surface area contributed by atoms with Crippen molar-refractivity contribution in [2.75, 3.05) is 11.3 Å². The van der Waals surface area contributed by atoms with Crippen LogP contribution < -0.4 is 9.46 Å². The van der Waals surface area contributed by atoms with E-state index in [1.165, 1.54) is 12.1 Å². The van der Waals surface area contributed by atoms with Crippen molar-refractivity contribution < 1.29 is 17.5 Å². The Kier molecular flexibility index (Phi) is 3.46.